The van der Waals surface area contributed by atoms with Gasteiger partial charge in [0.2, 0.25) is 11.2 Å². The Kier molecular flexibility index (Phi) is 4.96. The minimum absolute atomic E-state index is 0.0370. The number of hydrogen-bond donors (Lipinski definition) is 1. The van der Waals surface area contributed by atoms with E-state index in [0.29, 0.717) is 18.3 Å². The van der Waals surface area contributed by atoms with E-state index in [1.807, 2.05) is 31.3 Å². The van der Waals surface area contributed by atoms with Crippen LogP contribution >= 0.6 is 11.6 Å². The molecule has 0 saturated heterocycles. The largest absolute Gasteiger partial charge is 0.354 e. The molecule has 2 aromatic rings. The summed E-state index contributed by atoms with van der Waals surface area (Å²) in [6.45, 7) is 5.01. The standard InChI is InChI=1S/C15H19ClN4O/c1-10(2)8-17-13(21)9-20(3)14-11-6-4-5-7-12(11)18-15(16)19-14/h4-7,10H,8-9H2,1-3H3,(H,17,21). The smallest absolute Gasteiger partial charge is 0.239 e. The molecule has 1 heterocycles. The van der Waals surface area contributed by atoms with Crippen LogP contribution in [0, 0.1) is 5.92 Å². The summed E-state index contributed by atoms with van der Waals surface area (Å²) in [5.74, 6) is 1.05. The molecular weight excluding hydrogens is 288 g/mol. The Hall–Kier alpha value is -1.88. The van der Waals surface area contributed by atoms with Crippen LogP contribution in [-0.2, 0) is 4.79 Å². The minimum Gasteiger partial charge on any atom is -0.354 e. The Labute approximate surface area is 129 Å². The lowest BCUT2D eigenvalue weighted by Crippen LogP contribution is -2.37. The second-order valence-electron chi connectivity index (χ2n) is 5.39. The first kappa shape index (κ1) is 15.5. The summed E-state index contributed by atoms with van der Waals surface area (Å²) in [7, 11) is 1.82. The van der Waals surface area contributed by atoms with Crippen molar-refractivity contribution in [3.63, 3.8) is 0 Å². The highest BCUT2D eigenvalue weighted by Gasteiger charge is 2.13. The number of para-hydroxylation sites is 1. The van der Waals surface area contributed by atoms with Crippen molar-refractivity contribution < 1.29 is 4.79 Å². The summed E-state index contributed by atoms with van der Waals surface area (Å²) in [5.41, 5.74) is 0.766. The molecule has 0 fully saturated rings. The van der Waals surface area contributed by atoms with E-state index in [4.69, 9.17) is 11.6 Å². The molecule has 1 aromatic heterocycles. The van der Waals surface area contributed by atoms with E-state index in [1.54, 1.807) is 4.90 Å². The fourth-order valence-corrected chi connectivity index (χ4v) is 2.16. The van der Waals surface area contributed by atoms with E-state index < -0.39 is 0 Å². The molecule has 0 bridgehead atoms. The van der Waals surface area contributed by atoms with Crippen LogP contribution in [-0.4, -0.2) is 36.0 Å². The van der Waals surface area contributed by atoms with Gasteiger partial charge in [-0.25, -0.2) is 4.98 Å². The van der Waals surface area contributed by atoms with Gasteiger partial charge in [-0.1, -0.05) is 26.0 Å². The Morgan fingerprint density at radius 1 is 1.33 bits per heavy atom. The molecule has 1 amide bonds. The molecule has 5 nitrogen and oxygen atoms in total. The van der Waals surface area contributed by atoms with Crippen LogP contribution in [0.4, 0.5) is 5.82 Å². The molecule has 0 radical (unpaired) electrons. The highest BCUT2D eigenvalue weighted by molar-refractivity contribution is 6.28. The van der Waals surface area contributed by atoms with E-state index >= 15 is 0 Å². The van der Waals surface area contributed by atoms with Crippen molar-refractivity contribution in [2.45, 2.75) is 13.8 Å². The second-order valence-corrected chi connectivity index (χ2v) is 5.73. The molecule has 21 heavy (non-hydrogen) atoms. The van der Waals surface area contributed by atoms with Gasteiger partial charge < -0.3 is 10.2 Å². The molecule has 0 atom stereocenters. The Morgan fingerprint density at radius 3 is 2.76 bits per heavy atom. The molecule has 0 spiro atoms. The monoisotopic (exact) mass is 306 g/mol. The summed E-state index contributed by atoms with van der Waals surface area (Å²) in [6, 6.07) is 7.60. The Balaban J connectivity index is 2.19. The first-order chi connectivity index (χ1) is 9.97. The third-order valence-electron chi connectivity index (χ3n) is 3.01. The summed E-state index contributed by atoms with van der Waals surface area (Å²) in [4.78, 5) is 22.1. The van der Waals surface area contributed by atoms with Gasteiger partial charge in [0.1, 0.15) is 5.82 Å². The van der Waals surface area contributed by atoms with E-state index in [1.165, 1.54) is 0 Å². The molecule has 0 saturated carbocycles. The van der Waals surface area contributed by atoms with Crippen molar-refractivity contribution in [3.05, 3.63) is 29.5 Å². The van der Waals surface area contributed by atoms with E-state index in [-0.39, 0.29) is 17.7 Å². The molecule has 0 aliphatic rings. The highest BCUT2D eigenvalue weighted by atomic mass is 35.5. The topological polar surface area (TPSA) is 58.1 Å². The number of nitrogens with one attached hydrogen (secondary N) is 1. The van der Waals surface area contributed by atoms with Gasteiger partial charge in [-0.3, -0.25) is 4.79 Å². The zero-order valence-corrected chi connectivity index (χ0v) is 13.2. The number of carbonyl (C=O) groups is 1. The second kappa shape index (κ2) is 6.72. The third kappa shape index (κ3) is 4.04. The van der Waals surface area contributed by atoms with Crippen molar-refractivity contribution in [2.24, 2.45) is 5.92 Å². The first-order valence-electron chi connectivity index (χ1n) is 6.87. The molecular formula is C15H19ClN4O. The minimum atomic E-state index is -0.0370. The molecule has 0 unspecified atom stereocenters. The highest BCUT2D eigenvalue weighted by Crippen LogP contribution is 2.24. The van der Waals surface area contributed by atoms with Crippen LogP contribution in [0.15, 0.2) is 24.3 Å². The fourth-order valence-electron chi connectivity index (χ4n) is 1.99. The predicted octanol–water partition coefficient (Wildman–Crippen LogP) is 2.49. The molecule has 2 rings (SSSR count). The lowest BCUT2D eigenvalue weighted by atomic mass is 10.2. The van der Waals surface area contributed by atoms with Gasteiger partial charge in [-0.05, 0) is 29.7 Å². The van der Waals surface area contributed by atoms with E-state index in [0.717, 1.165) is 10.9 Å². The maximum Gasteiger partial charge on any atom is 0.239 e. The SMILES string of the molecule is CC(C)CNC(=O)CN(C)c1nc(Cl)nc2ccccc12. The Bertz CT molecular complexity index is 645. The number of likely N-dealkylation sites (N-methyl/N-ethyl adjacent to an activating group) is 1. The number of amides is 1. The van der Waals surface area contributed by atoms with Gasteiger partial charge in [0.05, 0.1) is 12.1 Å². The number of anilines is 1. The van der Waals surface area contributed by atoms with Crippen molar-refractivity contribution in [1.29, 1.82) is 0 Å². The molecule has 0 aliphatic heterocycles. The lowest BCUT2D eigenvalue weighted by molar-refractivity contribution is -0.119. The van der Waals surface area contributed by atoms with E-state index in [2.05, 4.69) is 29.1 Å². The van der Waals surface area contributed by atoms with Crippen LogP contribution in [0.25, 0.3) is 10.9 Å². The van der Waals surface area contributed by atoms with Crippen LogP contribution in [0.5, 0.6) is 0 Å². The number of fused-ring (bicyclic) bond motifs is 1. The van der Waals surface area contributed by atoms with Crippen LogP contribution < -0.4 is 10.2 Å². The quantitative estimate of drug-likeness (QED) is 0.862. The van der Waals surface area contributed by atoms with Crippen LogP contribution in [0.3, 0.4) is 0 Å². The molecule has 112 valence electrons. The van der Waals surface area contributed by atoms with Crippen LogP contribution in [0.2, 0.25) is 5.28 Å². The number of hydrogen-bond acceptors (Lipinski definition) is 4. The van der Waals surface area contributed by atoms with Gasteiger partial charge in [-0.15, -0.1) is 0 Å². The number of benzene rings is 1. The Morgan fingerprint density at radius 2 is 2.05 bits per heavy atom. The number of rotatable bonds is 5. The van der Waals surface area contributed by atoms with Crippen molar-refractivity contribution in [3.8, 4) is 0 Å². The summed E-state index contributed by atoms with van der Waals surface area (Å²) in [6.07, 6.45) is 0. The van der Waals surface area contributed by atoms with Crippen molar-refractivity contribution >= 4 is 34.2 Å². The van der Waals surface area contributed by atoms with Crippen LogP contribution in [0.1, 0.15) is 13.8 Å². The van der Waals surface area contributed by atoms with Gasteiger partial charge >= 0.3 is 0 Å². The summed E-state index contributed by atoms with van der Waals surface area (Å²) < 4.78 is 0. The molecule has 0 aliphatic carbocycles. The fraction of sp³-hybridized carbons (Fsp3) is 0.400. The van der Waals surface area contributed by atoms with E-state index in [9.17, 15) is 4.79 Å². The maximum absolute atomic E-state index is 11.9. The molecule has 1 N–H and O–H groups in total. The predicted molar refractivity (Wildman–Crippen MR) is 85.7 cm³/mol. The third-order valence-corrected chi connectivity index (χ3v) is 3.17. The van der Waals surface area contributed by atoms with Gasteiger partial charge in [0.25, 0.3) is 0 Å². The van der Waals surface area contributed by atoms with Crippen molar-refractivity contribution in [2.75, 3.05) is 25.0 Å². The van der Waals surface area contributed by atoms with Crippen molar-refractivity contribution in [1.82, 2.24) is 15.3 Å². The van der Waals surface area contributed by atoms with Gasteiger partial charge in [-0.2, -0.15) is 4.98 Å². The number of halogens is 1. The summed E-state index contributed by atoms with van der Waals surface area (Å²) >= 11 is 5.96. The maximum atomic E-state index is 11.9. The lowest BCUT2D eigenvalue weighted by Gasteiger charge is -2.19. The van der Waals surface area contributed by atoms with Gasteiger partial charge in [0.15, 0.2) is 0 Å². The molecule has 6 heteroatoms. The number of carbonyl (C=O) groups excluding carboxylic acids is 1. The zero-order chi connectivity index (χ0) is 15.4. The van der Waals surface area contributed by atoms with Gasteiger partial charge in [0, 0.05) is 19.0 Å². The average Bonchev–Trinajstić information content (AvgIpc) is 2.44. The zero-order valence-electron chi connectivity index (χ0n) is 12.4. The normalized spacial score (nSPS) is 10.9. The average molecular weight is 307 g/mol. The number of aromatic nitrogens is 2. The number of nitrogens with zero attached hydrogens (tertiary/aromatic N) is 3. The first-order valence-corrected chi connectivity index (χ1v) is 7.25. The molecule has 1 aromatic carbocycles. The summed E-state index contributed by atoms with van der Waals surface area (Å²) in [5, 5.41) is 3.94.